The molecule has 3 heterocycles. The van der Waals surface area contributed by atoms with Crippen LogP contribution in [0.4, 0.5) is 17.1 Å². The summed E-state index contributed by atoms with van der Waals surface area (Å²) in [6.45, 7) is 8.89. The molecule has 0 amide bonds. The Bertz CT molecular complexity index is 2440. The lowest BCUT2D eigenvalue weighted by Crippen LogP contribution is -2.40. The minimum atomic E-state index is -3.78. The largest absolute Gasteiger partial charge is 0.412 e. The molecule has 14 heteroatoms. The van der Waals surface area contributed by atoms with Gasteiger partial charge in [0.25, 0.3) is 10.1 Å². The van der Waals surface area contributed by atoms with E-state index in [0.717, 1.165) is 66.4 Å². The van der Waals surface area contributed by atoms with Gasteiger partial charge >= 0.3 is 22.2 Å². The van der Waals surface area contributed by atoms with E-state index in [2.05, 4.69) is 56.3 Å². The molecule has 3 aliphatic heterocycles. The molecule has 0 spiro atoms. The maximum Gasteiger partial charge on any atom is 0.328 e. The molecule has 0 bridgehead atoms. The van der Waals surface area contributed by atoms with Gasteiger partial charge in [-0.25, -0.2) is 0 Å². The first kappa shape index (κ1) is 59.7. The number of aliphatic hydroxyl groups is 1. The number of aliphatic hydroxyl groups excluding tert-OH is 1. The number of rotatable bonds is 11. The fraction of sp³-hybridized carbons (Fsp3) is 0.400. The average Bonchev–Trinajstić information content (AvgIpc) is 3.32. The number of para-hydroxylation sites is 3. The third-order valence-electron chi connectivity index (χ3n) is 12.2. The number of fused-ring (bicyclic) bond motifs is 4. The fourth-order valence-electron chi connectivity index (χ4n) is 8.99. The van der Waals surface area contributed by atoms with Crippen molar-refractivity contribution < 1.29 is 32.1 Å². The molecule has 9 rings (SSSR count). The number of carbonyl (C=O) groups excluding carboxylic acids is 3. The van der Waals surface area contributed by atoms with Crippen LogP contribution in [0.5, 0.6) is 0 Å². The molecule has 4 atom stereocenters. The molecule has 0 fully saturated rings. The molecule has 1 aliphatic carbocycles. The van der Waals surface area contributed by atoms with Crippen LogP contribution in [-0.2, 0) is 60.8 Å². The summed E-state index contributed by atoms with van der Waals surface area (Å²) in [5, 5.41) is 9.17. The van der Waals surface area contributed by atoms with Crippen molar-refractivity contribution in [3.05, 3.63) is 155 Å². The van der Waals surface area contributed by atoms with Crippen LogP contribution < -0.4 is 14.4 Å². The van der Waals surface area contributed by atoms with E-state index in [1.54, 1.807) is 42.8 Å². The molecule has 5 aromatic rings. The van der Waals surface area contributed by atoms with Gasteiger partial charge in [0, 0.05) is 55.1 Å². The van der Waals surface area contributed by atoms with E-state index in [0.29, 0.717) is 25.4 Å². The summed E-state index contributed by atoms with van der Waals surface area (Å²) in [4.78, 5) is 37.9. The van der Waals surface area contributed by atoms with Gasteiger partial charge in [0.05, 0.1) is 11.5 Å². The quantitative estimate of drug-likeness (QED) is 0.0778. The van der Waals surface area contributed by atoms with Gasteiger partial charge in [0.15, 0.2) is 0 Å². The van der Waals surface area contributed by atoms with E-state index in [1.807, 2.05) is 76.0 Å². The van der Waals surface area contributed by atoms with Gasteiger partial charge in [-0.15, -0.1) is 0 Å². The number of carbonyl (C=O) groups is 3. The molecule has 0 saturated heterocycles. The molecule has 4 unspecified atom stereocenters. The Hall–Kier alpha value is -5.43. The predicted octanol–water partition coefficient (Wildman–Crippen LogP) is 9.51. The number of anilines is 3. The molecule has 3 radical (unpaired) electrons. The second-order valence-electron chi connectivity index (χ2n) is 17.5. The Labute approximate surface area is 417 Å². The Kier molecular flexibility index (Phi) is 25.6. The van der Waals surface area contributed by atoms with Gasteiger partial charge in [0.1, 0.15) is 18.6 Å². The van der Waals surface area contributed by atoms with Crippen LogP contribution in [0.25, 0.3) is 0 Å². The van der Waals surface area contributed by atoms with Gasteiger partial charge < -0.3 is 33.9 Å². The summed E-state index contributed by atoms with van der Waals surface area (Å²) in [6, 6.07) is 39.5. The van der Waals surface area contributed by atoms with Crippen LogP contribution in [-0.4, -0.2) is 87.2 Å². The number of nitrogens with zero attached hydrogens (tertiary/aromatic N) is 3. The SMILES string of the molecule is C.C.C.C.CC1CCc2ccccc2C1.CC1Cc2ccccc2N([B]C=O)C1.Cc1ccc(S(=O)(=O)OCC2Cc3ccccc3N([B]C=O)C2)cc1.O=C[B]N1CC(CO)Cc2ccccc21. The molecule has 1 N–H and O–H groups in total. The first-order valence-electron chi connectivity index (χ1n) is 22.5. The zero-order valence-corrected chi connectivity index (χ0v) is 38.6. The third-order valence-corrected chi connectivity index (χ3v) is 13.5. The minimum absolute atomic E-state index is 0. The monoisotopic (exact) mass is 955 g/mol. The summed E-state index contributed by atoms with van der Waals surface area (Å²) in [6.07, 6.45) is 9.04. The molecular formula is C55H75B3N3O7S. The standard InChI is InChI=1S/C18H19BNO4S.C11H13BNO2.C11H13BNO.C11H14.4CH4/c1-14-6-8-17(9-7-14)25(22,23)24-12-15-10-16-4-2-3-5-18(16)20(11-15)19-13-21;14-7-9-5-10-3-1-2-4-11(10)13(6-9)12-8-15;1-9-6-10-4-2-3-5-11(10)13(7-9)12-8-14;1-9-6-7-10-4-2-3-5-11(10)8-9;;;;/h2-9,13,15H,10-12H2,1H3;1-4,8-9,14H,5-7H2;2-5,8-9H,6-7H2,1H3;2-5,9H,6-8H2,1H3;4*1H4. The first-order chi connectivity index (χ1) is 31.5. The Morgan fingerprint density at radius 1 is 0.551 bits per heavy atom. The van der Waals surface area contributed by atoms with Crippen LogP contribution in [0, 0.1) is 30.6 Å². The van der Waals surface area contributed by atoms with E-state index in [-0.39, 0.29) is 59.7 Å². The molecular weight excluding hydrogens is 879 g/mol. The first-order valence-corrected chi connectivity index (χ1v) is 24.0. The fourth-order valence-corrected chi connectivity index (χ4v) is 9.96. The summed E-state index contributed by atoms with van der Waals surface area (Å²) in [5.41, 5.74) is 11.0. The highest BCUT2D eigenvalue weighted by Gasteiger charge is 2.27. The van der Waals surface area contributed by atoms with Crippen molar-refractivity contribution in [1.29, 1.82) is 0 Å². The summed E-state index contributed by atoms with van der Waals surface area (Å²) in [5.74, 6) is 1.70. The van der Waals surface area contributed by atoms with Crippen LogP contribution in [0.1, 0.15) is 83.4 Å². The van der Waals surface area contributed by atoms with Crippen molar-refractivity contribution in [2.45, 2.75) is 93.9 Å². The molecule has 4 aliphatic rings. The topological polar surface area (TPSA) is 125 Å². The highest BCUT2D eigenvalue weighted by Crippen LogP contribution is 2.31. The maximum absolute atomic E-state index is 12.3. The van der Waals surface area contributed by atoms with E-state index in [4.69, 9.17) is 4.18 Å². The van der Waals surface area contributed by atoms with Crippen molar-refractivity contribution in [2.75, 3.05) is 47.3 Å². The van der Waals surface area contributed by atoms with Gasteiger partial charge in [0.2, 0.25) is 0 Å². The van der Waals surface area contributed by atoms with E-state index in [9.17, 15) is 27.9 Å². The second-order valence-corrected chi connectivity index (χ2v) is 19.1. The Balaban J connectivity index is 0.000000324. The van der Waals surface area contributed by atoms with E-state index >= 15 is 0 Å². The van der Waals surface area contributed by atoms with Gasteiger partial charge in [-0.2, -0.15) is 8.42 Å². The van der Waals surface area contributed by atoms with Crippen LogP contribution in [0.3, 0.4) is 0 Å². The molecule has 5 aromatic carbocycles. The van der Waals surface area contributed by atoms with E-state index < -0.39 is 10.1 Å². The van der Waals surface area contributed by atoms with Crippen LogP contribution in [0.2, 0.25) is 0 Å². The normalized spacial score (nSPS) is 18.1. The molecule has 367 valence electrons. The van der Waals surface area contributed by atoms with Gasteiger partial charge in [-0.1, -0.05) is 140 Å². The second kappa shape index (κ2) is 29.6. The lowest BCUT2D eigenvalue weighted by atomic mass is 9.84. The van der Waals surface area contributed by atoms with Crippen molar-refractivity contribution in [3.63, 3.8) is 0 Å². The molecule has 0 aromatic heterocycles. The van der Waals surface area contributed by atoms with Gasteiger partial charge in [-0.05, 0) is 115 Å². The Morgan fingerprint density at radius 3 is 1.45 bits per heavy atom. The third kappa shape index (κ3) is 16.9. The minimum Gasteiger partial charge on any atom is -0.412 e. The predicted molar refractivity (Wildman–Crippen MR) is 292 cm³/mol. The highest BCUT2D eigenvalue weighted by atomic mass is 32.2. The Morgan fingerprint density at radius 2 is 0.957 bits per heavy atom. The van der Waals surface area contributed by atoms with Crippen LogP contribution in [0.15, 0.2) is 126 Å². The van der Waals surface area contributed by atoms with Crippen molar-refractivity contribution in [1.82, 2.24) is 0 Å². The molecule has 0 saturated carbocycles. The van der Waals surface area contributed by atoms with Crippen molar-refractivity contribution in [2.24, 2.45) is 23.7 Å². The summed E-state index contributed by atoms with van der Waals surface area (Å²) >= 11 is 0. The zero-order valence-electron chi connectivity index (χ0n) is 37.7. The lowest BCUT2D eigenvalue weighted by Gasteiger charge is -2.34. The molecule has 69 heavy (non-hydrogen) atoms. The zero-order chi connectivity index (χ0) is 46.2. The van der Waals surface area contributed by atoms with Crippen molar-refractivity contribution in [3.8, 4) is 0 Å². The highest BCUT2D eigenvalue weighted by molar-refractivity contribution is 7.86. The van der Waals surface area contributed by atoms with E-state index in [1.165, 1.54) is 50.9 Å². The smallest absolute Gasteiger partial charge is 0.328 e. The number of aryl methyl sites for hydroxylation is 2. The lowest BCUT2D eigenvalue weighted by molar-refractivity contribution is 0.227. The van der Waals surface area contributed by atoms with Crippen molar-refractivity contribution >= 4 is 68.0 Å². The van der Waals surface area contributed by atoms with Gasteiger partial charge in [-0.3, -0.25) is 4.18 Å². The maximum atomic E-state index is 12.3. The summed E-state index contributed by atoms with van der Waals surface area (Å²) < 4.78 is 30.0. The number of benzene rings is 5. The molecule has 10 nitrogen and oxygen atoms in total. The number of hydrogen-bond acceptors (Lipinski definition) is 10. The summed E-state index contributed by atoms with van der Waals surface area (Å²) in [7, 11) is 0.838. The number of hydrogen-bond donors (Lipinski definition) is 1. The van der Waals surface area contributed by atoms with Crippen LogP contribution >= 0.6 is 0 Å². The average molecular weight is 955 g/mol.